The van der Waals surface area contributed by atoms with E-state index >= 15 is 0 Å². The fourth-order valence-electron chi connectivity index (χ4n) is 1.38. The van der Waals surface area contributed by atoms with E-state index in [1.165, 1.54) is 0 Å². The van der Waals surface area contributed by atoms with Gasteiger partial charge in [0.1, 0.15) is 0 Å². The van der Waals surface area contributed by atoms with Crippen molar-refractivity contribution in [3.05, 3.63) is 11.7 Å². The van der Waals surface area contributed by atoms with Crippen molar-refractivity contribution in [3.8, 4) is 0 Å². The van der Waals surface area contributed by atoms with Gasteiger partial charge in [0.15, 0.2) is 5.82 Å². The van der Waals surface area contributed by atoms with Gasteiger partial charge in [-0.25, -0.2) is 0 Å². The van der Waals surface area contributed by atoms with Crippen LogP contribution in [-0.4, -0.2) is 10.1 Å². The first-order valence-electron chi connectivity index (χ1n) is 5.50. The molecule has 0 fully saturated rings. The molecule has 0 amide bonds. The van der Waals surface area contributed by atoms with Crippen LogP contribution in [0.5, 0.6) is 0 Å². The molecule has 4 nitrogen and oxygen atoms in total. The van der Waals surface area contributed by atoms with E-state index in [2.05, 4.69) is 37.8 Å². The second-order valence-electron chi connectivity index (χ2n) is 5.18. The van der Waals surface area contributed by atoms with Crippen molar-refractivity contribution in [2.75, 3.05) is 0 Å². The van der Waals surface area contributed by atoms with Crippen LogP contribution in [0.2, 0.25) is 0 Å². The average molecular weight is 211 g/mol. The molecule has 0 saturated carbocycles. The zero-order valence-corrected chi connectivity index (χ0v) is 10.1. The number of aromatic nitrogens is 2. The molecule has 0 bridgehead atoms. The third kappa shape index (κ3) is 4.00. The monoisotopic (exact) mass is 211 g/mol. The molecule has 86 valence electrons. The Balaban J connectivity index is 2.64. The van der Waals surface area contributed by atoms with Crippen molar-refractivity contribution < 1.29 is 4.52 Å². The van der Waals surface area contributed by atoms with Crippen molar-refractivity contribution in [3.63, 3.8) is 0 Å². The van der Waals surface area contributed by atoms with E-state index in [1.54, 1.807) is 0 Å². The lowest BCUT2D eigenvalue weighted by atomic mass is 9.92. The normalized spacial score (nSPS) is 14.2. The lowest BCUT2D eigenvalue weighted by Gasteiger charge is -2.13. The summed E-state index contributed by atoms with van der Waals surface area (Å²) in [5, 5.41) is 3.91. The summed E-state index contributed by atoms with van der Waals surface area (Å²) in [5.41, 5.74) is 6.06. The molecule has 0 aliphatic carbocycles. The molecule has 1 aromatic rings. The van der Waals surface area contributed by atoms with E-state index in [0.29, 0.717) is 11.7 Å². The second kappa shape index (κ2) is 4.75. The van der Waals surface area contributed by atoms with Crippen LogP contribution in [0.3, 0.4) is 0 Å². The number of nitrogens with zero attached hydrogens (tertiary/aromatic N) is 2. The summed E-state index contributed by atoms with van der Waals surface area (Å²) in [6.07, 6.45) is 2.72. The molecule has 4 heteroatoms. The highest BCUT2D eigenvalue weighted by atomic mass is 16.5. The number of hydrogen-bond acceptors (Lipinski definition) is 4. The topological polar surface area (TPSA) is 64.9 Å². The van der Waals surface area contributed by atoms with Gasteiger partial charge in [0.2, 0.25) is 5.89 Å². The Kier molecular flexibility index (Phi) is 3.85. The Morgan fingerprint density at radius 3 is 2.60 bits per heavy atom. The highest BCUT2D eigenvalue weighted by Crippen LogP contribution is 2.20. The predicted octanol–water partition coefficient (Wildman–Crippen LogP) is 2.46. The summed E-state index contributed by atoms with van der Waals surface area (Å²) in [7, 11) is 0. The van der Waals surface area contributed by atoms with Crippen LogP contribution < -0.4 is 5.73 Å². The standard InChI is InChI=1S/C11H21N3O/c1-5-6-8(12)10-13-9(15-14-10)7-11(2,3)4/h8H,5-7,12H2,1-4H3. The summed E-state index contributed by atoms with van der Waals surface area (Å²) < 4.78 is 5.17. The second-order valence-corrected chi connectivity index (χ2v) is 5.18. The molecule has 1 unspecified atom stereocenters. The number of rotatable bonds is 4. The Labute approximate surface area is 91.2 Å². The van der Waals surface area contributed by atoms with Crippen LogP contribution in [0, 0.1) is 5.41 Å². The minimum absolute atomic E-state index is 0.0903. The SMILES string of the molecule is CCCC(N)c1noc(CC(C)(C)C)n1. The van der Waals surface area contributed by atoms with Crippen molar-refractivity contribution in [2.45, 2.75) is 53.0 Å². The zero-order chi connectivity index (χ0) is 11.5. The maximum Gasteiger partial charge on any atom is 0.227 e. The molecule has 15 heavy (non-hydrogen) atoms. The lowest BCUT2D eigenvalue weighted by Crippen LogP contribution is -2.12. The Bertz CT molecular complexity index is 301. The number of nitrogens with two attached hydrogens (primary N) is 1. The molecule has 0 aromatic carbocycles. The van der Waals surface area contributed by atoms with E-state index in [4.69, 9.17) is 10.3 Å². The van der Waals surface area contributed by atoms with Crippen LogP contribution in [0.4, 0.5) is 0 Å². The molecule has 1 aromatic heterocycles. The summed E-state index contributed by atoms with van der Waals surface area (Å²) in [4.78, 5) is 4.31. The molecular weight excluding hydrogens is 190 g/mol. The van der Waals surface area contributed by atoms with Gasteiger partial charge in [0.25, 0.3) is 0 Å². The van der Waals surface area contributed by atoms with E-state index in [0.717, 1.165) is 19.3 Å². The fourth-order valence-corrected chi connectivity index (χ4v) is 1.38. The van der Waals surface area contributed by atoms with Crippen molar-refractivity contribution >= 4 is 0 Å². The number of hydrogen-bond donors (Lipinski definition) is 1. The first-order chi connectivity index (χ1) is 6.92. The molecule has 1 atom stereocenters. The van der Waals surface area contributed by atoms with Gasteiger partial charge in [0, 0.05) is 6.42 Å². The lowest BCUT2D eigenvalue weighted by molar-refractivity contribution is 0.311. The van der Waals surface area contributed by atoms with Crippen LogP contribution >= 0.6 is 0 Å². The van der Waals surface area contributed by atoms with Gasteiger partial charge in [-0.3, -0.25) is 0 Å². The molecule has 0 radical (unpaired) electrons. The molecule has 1 heterocycles. The van der Waals surface area contributed by atoms with Gasteiger partial charge >= 0.3 is 0 Å². The minimum Gasteiger partial charge on any atom is -0.339 e. The smallest absolute Gasteiger partial charge is 0.227 e. The molecular formula is C11H21N3O. The first kappa shape index (κ1) is 12.2. The Hall–Kier alpha value is -0.900. The van der Waals surface area contributed by atoms with E-state index in [9.17, 15) is 0 Å². The van der Waals surface area contributed by atoms with E-state index in [1.807, 2.05) is 0 Å². The van der Waals surface area contributed by atoms with Gasteiger partial charge in [-0.1, -0.05) is 39.3 Å². The molecule has 0 aliphatic heterocycles. The highest BCUT2D eigenvalue weighted by Gasteiger charge is 2.18. The minimum atomic E-state index is -0.0903. The van der Waals surface area contributed by atoms with Crippen LogP contribution in [-0.2, 0) is 6.42 Å². The maximum absolute atomic E-state index is 5.90. The van der Waals surface area contributed by atoms with E-state index < -0.39 is 0 Å². The largest absolute Gasteiger partial charge is 0.339 e. The van der Waals surface area contributed by atoms with Crippen molar-refractivity contribution in [1.82, 2.24) is 10.1 Å². The van der Waals surface area contributed by atoms with Gasteiger partial charge in [-0.2, -0.15) is 4.98 Å². The third-order valence-corrected chi connectivity index (χ3v) is 2.10. The summed E-state index contributed by atoms with van der Waals surface area (Å²) >= 11 is 0. The fraction of sp³-hybridized carbons (Fsp3) is 0.818. The predicted molar refractivity (Wildman–Crippen MR) is 59.3 cm³/mol. The molecule has 1 rings (SSSR count). The van der Waals surface area contributed by atoms with Gasteiger partial charge in [0.05, 0.1) is 6.04 Å². The Morgan fingerprint density at radius 1 is 1.40 bits per heavy atom. The Morgan fingerprint density at radius 2 is 2.07 bits per heavy atom. The van der Waals surface area contributed by atoms with Crippen LogP contribution in [0.15, 0.2) is 4.52 Å². The van der Waals surface area contributed by atoms with Gasteiger partial charge < -0.3 is 10.3 Å². The molecule has 0 saturated heterocycles. The average Bonchev–Trinajstić information content (AvgIpc) is 2.50. The van der Waals surface area contributed by atoms with Crippen molar-refractivity contribution in [1.29, 1.82) is 0 Å². The van der Waals surface area contributed by atoms with Crippen molar-refractivity contribution in [2.24, 2.45) is 11.1 Å². The molecule has 0 spiro atoms. The van der Waals surface area contributed by atoms with Gasteiger partial charge in [-0.15, -0.1) is 0 Å². The molecule has 0 aliphatic rings. The zero-order valence-electron chi connectivity index (χ0n) is 10.1. The summed E-state index contributed by atoms with van der Waals surface area (Å²) in [5.74, 6) is 1.32. The van der Waals surface area contributed by atoms with Crippen LogP contribution in [0.1, 0.15) is 58.3 Å². The maximum atomic E-state index is 5.90. The quantitative estimate of drug-likeness (QED) is 0.830. The first-order valence-corrected chi connectivity index (χ1v) is 5.50. The third-order valence-electron chi connectivity index (χ3n) is 2.10. The van der Waals surface area contributed by atoms with Gasteiger partial charge in [-0.05, 0) is 11.8 Å². The summed E-state index contributed by atoms with van der Waals surface area (Å²) in [6, 6.07) is -0.0903. The summed E-state index contributed by atoms with van der Waals surface area (Å²) in [6.45, 7) is 8.52. The van der Waals surface area contributed by atoms with Crippen LogP contribution in [0.25, 0.3) is 0 Å². The highest BCUT2D eigenvalue weighted by molar-refractivity contribution is 4.94. The van der Waals surface area contributed by atoms with E-state index in [-0.39, 0.29) is 11.5 Å². The molecule has 2 N–H and O–H groups in total.